The predicted octanol–water partition coefficient (Wildman–Crippen LogP) is 27.3. The van der Waals surface area contributed by atoms with E-state index in [0.29, 0.717) is 0 Å². The van der Waals surface area contributed by atoms with E-state index in [2.05, 4.69) is 383 Å². The summed E-state index contributed by atoms with van der Waals surface area (Å²) in [6.45, 7) is 7.55. The fourth-order valence-corrected chi connectivity index (χ4v) is 15.9. The largest absolute Gasteiger partial charge is 0.512 e. The summed E-state index contributed by atoms with van der Waals surface area (Å²) >= 11 is 0. The van der Waals surface area contributed by atoms with Crippen molar-refractivity contribution >= 4 is 98.2 Å². The van der Waals surface area contributed by atoms with Crippen LogP contribution in [0.15, 0.2) is 400 Å². The Morgan fingerprint density at radius 1 is 0.366 bits per heavy atom. The number of carbonyl (C=O) groups is 1. The van der Waals surface area contributed by atoms with Gasteiger partial charge in [-0.2, -0.15) is 9.90 Å². The fourth-order valence-electron chi connectivity index (χ4n) is 15.9. The minimum atomic E-state index is -0.125. The molecule has 1 radical (unpaired) electrons. The molecule has 4 heterocycles. The van der Waals surface area contributed by atoms with Crippen LogP contribution in [0.5, 0.6) is 0 Å². The molecule has 0 aliphatic heterocycles. The minimum Gasteiger partial charge on any atom is -0.512 e. The maximum Gasteiger partial charge on any atom is 0.155 e. The molecule has 0 bridgehead atoms. The van der Waals surface area contributed by atoms with Gasteiger partial charge in [-0.25, -0.2) is 0 Å². The van der Waals surface area contributed by atoms with Crippen LogP contribution in [0.2, 0.25) is 0 Å². The van der Waals surface area contributed by atoms with Gasteiger partial charge in [0.1, 0.15) is 0 Å². The number of para-hydroxylation sites is 6. The van der Waals surface area contributed by atoms with Gasteiger partial charge in [0, 0.05) is 106 Å². The normalized spacial score (nSPS) is 11.8. The zero-order valence-corrected chi connectivity index (χ0v) is 66.5. The average molecular weight is 1650 g/mol. The van der Waals surface area contributed by atoms with Gasteiger partial charge in [0.15, 0.2) is 5.78 Å². The Hall–Kier alpha value is -13.1. The zero-order chi connectivity index (χ0) is 74.7. The van der Waals surface area contributed by atoms with Gasteiger partial charge in [0.05, 0.1) is 38.9 Å². The second kappa shape index (κ2) is 32.6. The van der Waals surface area contributed by atoms with Crippen LogP contribution in [0.1, 0.15) is 40.2 Å². The molecule has 0 fully saturated rings. The molecule has 1 unspecified atom stereocenters. The minimum absolute atomic E-state index is 0. The van der Waals surface area contributed by atoms with Crippen LogP contribution in [0, 0.1) is 6.07 Å². The van der Waals surface area contributed by atoms with Crippen molar-refractivity contribution in [3.05, 3.63) is 417 Å². The Morgan fingerprint density at radius 3 is 1.20 bits per heavy atom. The quantitative estimate of drug-likeness (QED) is 0.0606. The number of aliphatic hydroxyl groups excluding tert-OH is 1. The maximum atomic E-state index is 10.0. The summed E-state index contributed by atoms with van der Waals surface area (Å²) in [6, 6.07) is 140. The Kier molecular flexibility index (Phi) is 21.7. The summed E-state index contributed by atoms with van der Waals surface area (Å²) in [5.74, 6) is -0.0625. The number of benzene rings is 15. The summed E-state index contributed by atoms with van der Waals surface area (Å²) < 4.78 is 7.09. The molecule has 547 valence electrons. The number of carbonyl (C=O) groups excluding carboxylic acids is 1. The molecule has 7 nitrogen and oxygen atoms in total. The monoisotopic (exact) mass is 1650 g/mol. The van der Waals surface area contributed by atoms with Gasteiger partial charge < -0.3 is 28.7 Å². The van der Waals surface area contributed by atoms with Crippen LogP contribution in [0.4, 0.5) is 17.1 Å². The van der Waals surface area contributed by atoms with Gasteiger partial charge in [-0.15, -0.1) is 35.9 Å². The van der Waals surface area contributed by atoms with Crippen LogP contribution in [0.25, 0.3) is 138 Å². The number of allylic oxidation sites excluding steroid dienone is 2. The molecular formula is C103H83IrN5O2P-. The number of ketones is 1. The number of fused-ring (bicyclic) bond motifs is 12. The number of rotatable bonds is 11. The third-order valence-electron chi connectivity index (χ3n) is 21.0. The number of hydrogen-bond donors (Lipinski definition) is 1. The van der Waals surface area contributed by atoms with Gasteiger partial charge in [0.2, 0.25) is 0 Å². The molecule has 0 saturated heterocycles. The van der Waals surface area contributed by atoms with Crippen molar-refractivity contribution in [1.29, 1.82) is 0 Å². The van der Waals surface area contributed by atoms with Gasteiger partial charge >= 0.3 is 0 Å². The van der Waals surface area contributed by atoms with Crippen LogP contribution < -0.4 is 4.90 Å². The van der Waals surface area contributed by atoms with E-state index in [1.807, 2.05) is 42.5 Å². The van der Waals surface area contributed by atoms with E-state index in [-0.39, 0.29) is 48.4 Å². The summed E-state index contributed by atoms with van der Waals surface area (Å²) in [6.07, 6.45) is 2.95. The van der Waals surface area contributed by atoms with Gasteiger partial charge in [0.25, 0.3) is 0 Å². The first-order chi connectivity index (χ1) is 54.0. The van der Waals surface area contributed by atoms with Crippen molar-refractivity contribution in [3.8, 4) is 72.8 Å². The van der Waals surface area contributed by atoms with E-state index in [9.17, 15) is 4.79 Å². The summed E-state index contributed by atoms with van der Waals surface area (Å²) in [5, 5.41) is 16.0. The van der Waals surface area contributed by atoms with Crippen molar-refractivity contribution in [2.24, 2.45) is 0 Å². The summed E-state index contributed by atoms with van der Waals surface area (Å²) in [4.78, 5) is 16.6. The standard InChI is InChI=1S/C51H38N2.C36H24N2.C11H8N.C5H8O2.Ir.H3P.H2/c1-51(2)47-19-11-9-17-43(47)44-31-30-42(34-48(44)51)52(40-26-21-36(22-27-40)35-13-5-3-6-14-35)41-28-23-37(24-29-41)38-25-32-50-46(33-38)45-18-10-12-20-49(45)53(50)39-15-7-4-8-16-39;1-5-13-33-29(9-1)30-10-2-6-14-34(30)37(33)27-21-17-25(18-22-27)26-19-23-28(24-20-26)38-35-15-7-3-11-31(35)32-12-4-8-16-36(32)38;1-2-6-10(7-3-1)11-8-4-5-9-12-11;1-4(6)3-5(2)7;;;/h3-34H,1-2H3;1-24H;1-6,8-9H;3,6H,1-2H3;;1H3;1H/q;;-1;;;;. The molecule has 112 heavy (non-hydrogen) atoms. The van der Waals surface area contributed by atoms with E-state index in [1.165, 1.54) is 158 Å². The van der Waals surface area contributed by atoms with Crippen molar-refractivity contribution in [3.63, 3.8) is 0 Å². The molecule has 20 rings (SSSR count). The van der Waals surface area contributed by atoms with Crippen LogP contribution in [0.3, 0.4) is 0 Å². The molecule has 1 N–H and O–H groups in total. The number of anilines is 3. The molecule has 1 aliphatic rings. The van der Waals surface area contributed by atoms with E-state index < -0.39 is 0 Å². The number of hydrogen-bond acceptors (Lipinski definition) is 4. The van der Waals surface area contributed by atoms with Gasteiger partial charge in [-0.1, -0.05) is 250 Å². The van der Waals surface area contributed by atoms with E-state index >= 15 is 0 Å². The molecule has 9 heteroatoms. The van der Waals surface area contributed by atoms with Crippen molar-refractivity contribution in [1.82, 2.24) is 18.7 Å². The maximum absolute atomic E-state index is 10.0. The molecule has 15 aromatic carbocycles. The first kappa shape index (κ1) is 74.4. The molecule has 1 atom stereocenters. The van der Waals surface area contributed by atoms with E-state index in [0.717, 1.165) is 28.3 Å². The third kappa shape index (κ3) is 14.6. The second-order valence-corrected chi connectivity index (χ2v) is 28.3. The Labute approximate surface area is 671 Å². The van der Waals surface area contributed by atoms with Gasteiger partial charge in [-0.05, 0) is 197 Å². The molecule has 19 aromatic rings. The third-order valence-corrected chi connectivity index (χ3v) is 21.0. The van der Waals surface area contributed by atoms with Crippen molar-refractivity contribution < 1.29 is 31.4 Å². The van der Waals surface area contributed by atoms with Gasteiger partial charge in [-0.3, -0.25) is 4.79 Å². The molecule has 0 amide bonds. The number of aliphatic hydroxyl groups is 1. The van der Waals surface area contributed by atoms with E-state index in [1.54, 1.807) is 6.20 Å². The molecular weight excluding hydrogens is 1560 g/mol. The second-order valence-electron chi connectivity index (χ2n) is 28.3. The van der Waals surface area contributed by atoms with E-state index in [4.69, 9.17) is 5.11 Å². The summed E-state index contributed by atoms with van der Waals surface area (Å²) in [7, 11) is 0. The summed E-state index contributed by atoms with van der Waals surface area (Å²) in [5.41, 5.74) is 28.9. The van der Waals surface area contributed by atoms with Crippen molar-refractivity contribution in [2.75, 3.05) is 4.90 Å². The SMILES string of the molecule is CC(=O)C=C(C)O.CC1(C)c2ccccc2-c2ccc(N(c3ccc(-c4ccccc4)cc3)c3ccc(-c4ccc5c(c4)c4ccccc4n5-c4ccccc4)cc3)cc21.P.[HH].[Ir].[c-]1ccccc1-c1ccccn1.c1ccc2c(c1)c1ccccc1n2-c1ccc(-c2ccc(-n3c4ccccc4c4ccccc43)cc2)cc1. The first-order valence-corrected chi connectivity index (χ1v) is 37.3. The Balaban J connectivity index is 0.000000153. The van der Waals surface area contributed by atoms with Crippen molar-refractivity contribution in [2.45, 2.75) is 33.1 Å². The molecule has 4 aromatic heterocycles. The zero-order valence-electron chi connectivity index (χ0n) is 62.7. The number of pyridine rings is 1. The fraction of sp³-hybridized carbons (Fsp3) is 0.0485. The molecule has 0 spiro atoms. The van der Waals surface area contributed by atoms with Crippen LogP contribution in [-0.2, 0) is 30.3 Å². The Bertz CT molecular complexity index is 6280. The Morgan fingerprint density at radius 2 is 0.741 bits per heavy atom. The average Bonchev–Trinajstić information content (AvgIpc) is 1.60. The van der Waals surface area contributed by atoms with Crippen LogP contribution in [-0.4, -0.2) is 29.6 Å². The number of aromatic nitrogens is 4. The predicted molar refractivity (Wildman–Crippen MR) is 473 cm³/mol. The first-order valence-electron chi connectivity index (χ1n) is 37.3. The van der Waals surface area contributed by atoms with Crippen LogP contribution >= 0.6 is 9.90 Å². The molecule has 0 saturated carbocycles. The topological polar surface area (TPSA) is 68.2 Å². The smallest absolute Gasteiger partial charge is 0.155 e. The number of nitrogens with zero attached hydrogens (tertiary/aromatic N) is 5. The molecule has 1 aliphatic carbocycles.